The van der Waals surface area contributed by atoms with E-state index in [1.54, 1.807) is 7.11 Å². The van der Waals surface area contributed by atoms with Crippen molar-refractivity contribution in [3.63, 3.8) is 0 Å². The van der Waals surface area contributed by atoms with Gasteiger partial charge in [-0.2, -0.15) is 0 Å². The first kappa shape index (κ1) is 24.9. The van der Waals surface area contributed by atoms with Crippen LogP contribution >= 0.6 is 0 Å². The molecule has 0 aliphatic heterocycles. The zero-order chi connectivity index (χ0) is 22.3. The standard InChI is InChI=1S/C23H38N4O4/c1-18(2)31-21-11-9-20(10-12-21)27-23(25-14-5-15-30-17-16-29-3)24-13-4-6-22(28)26-19-7-8-19/h9-12,18-19H,4-8,13-17H2,1-3H3,(H,26,28)(H2,24,25,27). The van der Waals surface area contributed by atoms with Crippen LogP contribution in [0.5, 0.6) is 5.75 Å². The Kier molecular flexibility index (Phi) is 11.8. The van der Waals surface area contributed by atoms with Gasteiger partial charge in [-0.15, -0.1) is 0 Å². The number of hydrogen-bond donors (Lipinski definition) is 3. The molecule has 0 heterocycles. The van der Waals surface area contributed by atoms with E-state index in [-0.39, 0.29) is 12.0 Å². The van der Waals surface area contributed by atoms with Gasteiger partial charge in [-0.1, -0.05) is 0 Å². The van der Waals surface area contributed by atoms with Crippen molar-refractivity contribution in [3.8, 4) is 5.75 Å². The molecule has 0 unspecified atom stereocenters. The summed E-state index contributed by atoms with van der Waals surface area (Å²) in [5, 5.41) is 9.67. The molecule has 0 bridgehead atoms. The highest BCUT2D eigenvalue weighted by molar-refractivity contribution is 5.93. The van der Waals surface area contributed by atoms with Gasteiger partial charge in [-0.05, 0) is 63.8 Å². The molecule has 1 aromatic rings. The zero-order valence-corrected chi connectivity index (χ0v) is 19.1. The van der Waals surface area contributed by atoms with E-state index in [0.29, 0.717) is 51.2 Å². The summed E-state index contributed by atoms with van der Waals surface area (Å²) in [5.41, 5.74) is 0.921. The van der Waals surface area contributed by atoms with E-state index in [1.165, 1.54) is 0 Å². The third kappa shape index (κ3) is 12.2. The van der Waals surface area contributed by atoms with Crippen molar-refractivity contribution in [2.75, 3.05) is 45.3 Å². The number of nitrogens with zero attached hydrogens (tertiary/aromatic N) is 1. The normalized spacial score (nSPS) is 13.9. The van der Waals surface area contributed by atoms with E-state index in [9.17, 15) is 4.79 Å². The minimum atomic E-state index is 0.120. The van der Waals surface area contributed by atoms with Gasteiger partial charge in [0.1, 0.15) is 5.75 Å². The molecule has 2 rings (SSSR count). The number of benzene rings is 1. The first-order valence-corrected chi connectivity index (χ1v) is 11.2. The summed E-state index contributed by atoms with van der Waals surface area (Å²) < 4.78 is 16.2. The molecule has 8 nitrogen and oxygen atoms in total. The molecule has 1 amide bonds. The number of ether oxygens (including phenoxy) is 3. The number of carbonyl (C=O) groups is 1. The zero-order valence-electron chi connectivity index (χ0n) is 19.1. The highest BCUT2D eigenvalue weighted by Gasteiger charge is 2.22. The van der Waals surface area contributed by atoms with Crippen molar-refractivity contribution >= 4 is 17.6 Å². The predicted molar refractivity (Wildman–Crippen MR) is 124 cm³/mol. The van der Waals surface area contributed by atoms with Gasteiger partial charge >= 0.3 is 0 Å². The Hall–Kier alpha value is -2.32. The highest BCUT2D eigenvalue weighted by atomic mass is 16.5. The van der Waals surface area contributed by atoms with Crippen LogP contribution < -0.4 is 20.7 Å². The molecule has 0 spiro atoms. The van der Waals surface area contributed by atoms with Gasteiger partial charge in [-0.25, -0.2) is 0 Å². The number of rotatable bonds is 15. The Bertz CT molecular complexity index is 660. The second kappa shape index (κ2) is 14.6. The molecule has 0 saturated heterocycles. The lowest BCUT2D eigenvalue weighted by atomic mass is 10.3. The number of carbonyl (C=O) groups excluding carboxylic acids is 1. The first-order valence-electron chi connectivity index (χ1n) is 11.2. The molecule has 174 valence electrons. The van der Waals surface area contributed by atoms with Crippen molar-refractivity contribution < 1.29 is 19.0 Å². The quantitative estimate of drug-likeness (QED) is 0.223. The summed E-state index contributed by atoms with van der Waals surface area (Å²) >= 11 is 0. The molecule has 1 fully saturated rings. The molecular weight excluding hydrogens is 396 g/mol. The molecule has 0 atom stereocenters. The summed E-state index contributed by atoms with van der Waals surface area (Å²) in [6.07, 6.45) is 4.43. The van der Waals surface area contributed by atoms with Gasteiger partial charge in [0.25, 0.3) is 0 Å². The Morgan fingerprint density at radius 3 is 2.58 bits per heavy atom. The third-order valence-corrected chi connectivity index (χ3v) is 4.45. The predicted octanol–water partition coefficient (Wildman–Crippen LogP) is 2.94. The molecule has 1 aliphatic rings. The highest BCUT2D eigenvalue weighted by Crippen LogP contribution is 2.19. The van der Waals surface area contributed by atoms with Crippen LogP contribution in [0.1, 0.15) is 46.0 Å². The number of guanidine groups is 1. The molecule has 0 radical (unpaired) electrons. The monoisotopic (exact) mass is 434 g/mol. The van der Waals surface area contributed by atoms with Crippen molar-refractivity contribution in [1.82, 2.24) is 10.6 Å². The van der Waals surface area contributed by atoms with Gasteiger partial charge in [0, 0.05) is 45.0 Å². The lowest BCUT2D eigenvalue weighted by Gasteiger charge is -2.14. The maximum absolute atomic E-state index is 11.8. The number of nitrogens with one attached hydrogen (secondary N) is 3. The van der Waals surface area contributed by atoms with Gasteiger partial charge in [-0.3, -0.25) is 9.79 Å². The number of anilines is 1. The van der Waals surface area contributed by atoms with Crippen molar-refractivity contribution in [3.05, 3.63) is 24.3 Å². The molecule has 1 saturated carbocycles. The van der Waals surface area contributed by atoms with E-state index in [4.69, 9.17) is 14.2 Å². The Labute approximate surface area is 186 Å². The fourth-order valence-corrected chi connectivity index (χ4v) is 2.75. The SMILES string of the molecule is COCCOCCCNC(=NCCCC(=O)NC1CC1)Nc1ccc(OC(C)C)cc1. The minimum Gasteiger partial charge on any atom is -0.491 e. The average molecular weight is 435 g/mol. The van der Waals surface area contributed by atoms with Crippen molar-refractivity contribution in [2.45, 2.75) is 58.1 Å². The van der Waals surface area contributed by atoms with Gasteiger partial charge in [0.15, 0.2) is 5.96 Å². The Morgan fingerprint density at radius 2 is 1.90 bits per heavy atom. The fraction of sp³-hybridized carbons (Fsp3) is 0.652. The maximum Gasteiger partial charge on any atom is 0.220 e. The molecular formula is C23H38N4O4. The van der Waals surface area contributed by atoms with Gasteiger partial charge < -0.3 is 30.2 Å². The summed E-state index contributed by atoms with van der Waals surface area (Å²) in [6, 6.07) is 8.21. The molecule has 0 aromatic heterocycles. The third-order valence-electron chi connectivity index (χ3n) is 4.45. The molecule has 3 N–H and O–H groups in total. The van der Waals surface area contributed by atoms with Crippen LogP contribution in [0, 0.1) is 0 Å². The summed E-state index contributed by atoms with van der Waals surface area (Å²) in [5.74, 6) is 1.65. The lowest BCUT2D eigenvalue weighted by Crippen LogP contribution is -2.32. The van der Waals surface area contributed by atoms with Crippen LogP contribution in [0.4, 0.5) is 5.69 Å². The van der Waals surface area contributed by atoms with Crippen LogP contribution in [0.25, 0.3) is 0 Å². The molecule has 1 aromatic carbocycles. The molecule has 8 heteroatoms. The smallest absolute Gasteiger partial charge is 0.220 e. The van der Waals surface area contributed by atoms with Crippen LogP contribution in [0.3, 0.4) is 0 Å². The first-order chi connectivity index (χ1) is 15.1. The number of methoxy groups -OCH3 is 1. The van der Waals surface area contributed by atoms with E-state index in [1.807, 2.05) is 38.1 Å². The van der Waals surface area contributed by atoms with E-state index >= 15 is 0 Å². The second-order valence-corrected chi connectivity index (χ2v) is 7.88. The lowest BCUT2D eigenvalue weighted by molar-refractivity contribution is -0.121. The molecule has 1 aliphatic carbocycles. The van der Waals surface area contributed by atoms with Crippen LogP contribution in [0.2, 0.25) is 0 Å². The minimum absolute atomic E-state index is 0.120. The van der Waals surface area contributed by atoms with Crippen LogP contribution in [-0.4, -0.2) is 64.0 Å². The average Bonchev–Trinajstić information content (AvgIpc) is 3.55. The second-order valence-electron chi connectivity index (χ2n) is 7.88. The van der Waals surface area contributed by atoms with Crippen LogP contribution in [-0.2, 0) is 14.3 Å². The largest absolute Gasteiger partial charge is 0.491 e. The molecule has 31 heavy (non-hydrogen) atoms. The maximum atomic E-state index is 11.8. The van der Waals surface area contributed by atoms with E-state index in [0.717, 1.165) is 37.2 Å². The number of hydrogen-bond acceptors (Lipinski definition) is 5. The van der Waals surface area contributed by atoms with Crippen LogP contribution in [0.15, 0.2) is 29.3 Å². The number of amides is 1. The summed E-state index contributed by atoms with van der Waals surface area (Å²) in [7, 11) is 1.66. The summed E-state index contributed by atoms with van der Waals surface area (Å²) in [6.45, 7) is 7.18. The van der Waals surface area contributed by atoms with Crippen molar-refractivity contribution in [1.29, 1.82) is 0 Å². The van der Waals surface area contributed by atoms with Crippen molar-refractivity contribution in [2.24, 2.45) is 4.99 Å². The fourth-order valence-electron chi connectivity index (χ4n) is 2.75. The Morgan fingerprint density at radius 1 is 1.13 bits per heavy atom. The topological polar surface area (TPSA) is 93.2 Å². The number of aliphatic imine (C=N–C) groups is 1. The van der Waals surface area contributed by atoms with E-state index < -0.39 is 0 Å². The Balaban J connectivity index is 1.79. The van der Waals surface area contributed by atoms with Gasteiger partial charge in [0.05, 0.1) is 19.3 Å². The summed E-state index contributed by atoms with van der Waals surface area (Å²) in [4.78, 5) is 16.5. The van der Waals surface area contributed by atoms with Gasteiger partial charge in [0.2, 0.25) is 5.91 Å². The van der Waals surface area contributed by atoms with E-state index in [2.05, 4.69) is 20.9 Å².